The number of β-amino-alcohol motifs (C(OH)–C–C–N with tert-alkyl or cyclic N) is 1. The van der Waals surface area contributed by atoms with Gasteiger partial charge in [0.1, 0.15) is 24.6 Å². The quantitative estimate of drug-likeness (QED) is 0.183. The molecule has 1 amide bonds. The van der Waals surface area contributed by atoms with Crippen molar-refractivity contribution in [1.29, 1.82) is 0 Å². The average molecular weight is 759 g/mol. The van der Waals surface area contributed by atoms with E-state index in [-0.39, 0.29) is 31.1 Å². The van der Waals surface area contributed by atoms with Crippen molar-refractivity contribution in [3.63, 3.8) is 0 Å². The fraction of sp³-hybridized carbons (Fsp3) is 0.700. The predicted molar refractivity (Wildman–Crippen MR) is 202 cm³/mol. The molecule has 3 heterocycles. The topological polar surface area (TPSA) is 180 Å². The fourth-order valence-electron chi connectivity index (χ4n) is 7.84. The number of amides is 1. The average Bonchev–Trinajstić information content (AvgIpc) is 3.14. The van der Waals surface area contributed by atoms with E-state index in [9.17, 15) is 29.7 Å². The van der Waals surface area contributed by atoms with Crippen LogP contribution >= 0.6 is 0 Å². The Bertz CT molecular complexity index is 1480. The summed E-state index contributed by atoms with van der Waals surface area (Å²) in [6.07, 6.45) is -3.29. The summed E-state index contributed by atoms with van der Waals surface area (Å²) in [5.74, 6) is -1.83. The second-order valence-corrected chi connectivity index (χ2v) is 15.1. The minimum Gasteiger partial charge on any atom is -0.459 e. The summed E-state index contributed by atoms with van der Waals surface area (Å²) in [6.45, 7) is 7.34. The maximum absolute atomic E-state index is 13.4. The Labute approximate surface area is 319 Å². The van der Waals surface area contributed by atoms with Crippen molar-refractivity contribution in [2.24, 2.45) is 11.8 Å². The Morgan fingerprint density at radius 2 is 1.89 bits per heavy atom. The number of fused-ring (bicyclic) bond motifs is 1. The summed E-state index contributed by atoms with van der Waals surface area (Å²) >= 11 is 0. The molecule has 1 aromatic heterocycles. The van der Waals surface area contributed by atoms with Gasteiger partial charge in [0.2, 0.25) is 5.91 Å². The smallest absolute Gasteiger partial charge is 0.305 e. The van der Waals surface area contributed by atoms with Gasteiger partial charge in [-0.1, -0.05) is 32.0 Å². The molecule has 4 rings (SSSR count). The number of benzene rings is 1. The Balaban J connectivity index is 1.63. The summed E-state index contributed by atoms with van der Waals surface area (Å²) < 4.78 is 24.4. The number of esters is 1. The zero-order chi connectivity index (χ0) is 39.4. The third-order valence-electron chi connectivity index (χ3n) is 10.9. The normalized spacial score (nSPS) is 32.4. The molecule has 0 radical (unpaired) electrons. The first-order valence-electron chi connectivity index (χ1n) is 19.4. The highest BCUT2D eigenvalue weighted by molar-refractivity contribution is 5.81. The number of nitrogens with one attached hydrogen (secondary N) is 1. The van der Waals surface area contributed by atoms with Gasteiger partial charge in [-0.2, -0.15) is 0 Å². The largest absolute Gasteiger partial charge is 0.459 e. The number of likely N-dealkylation sites (N-methyl/N-ethyl adjacent to an activating group) is 1. The number of para-hydroxylation sites is 1. The number of carbonyl (C=O) groups excluding carboxylic acids is 3. The maximum Gasteiger partial charge on any atom is 0.305 e. The van der Waals surface area contributed by atoms with Gasteiger partial charge in [-0.3, -0.25) is 14.6 Å². The number of hydrogen-bond acceptors (Lipinski definition) is 13. The molecule has 0 saturated carbocycles. The van der Waals surface area contributed by atoms with Crippen molar-refractivity contribution in [2.45, 2.75) is 121 Å². The van der Waals surface area contributed by atoms with Gasteiger partial charge in [-0.05, 0) is 89.3 Å². The number of aryl methyl sites for hydroxylation is 1. The fourth-order valence-corrected chi connectivity index (χ4v) is 7.84. The standard InChI is InChI=1S/C40H62N4O10/c1-7-34(48)53-32-23-33(47)42-17-11-20-44(19-10-12-27-15-18-41-30-14-9-8-13-29(27)30)24-31(46)25(2)22-28(16-21-45)38(39(32)51-6)54-40-37(50)35(43(4)5)36(49)26(3)52-40/h8-9,13-15,18,21,25-26,28,31-32,35-40,46,49-50H,7,10-12,16-17,19-20,22-24H2,1-6H3,(H,42,47)/t25-,26?,28+,31+,32-,35?,36+,37?,38+,39+,40+/m1/s1. The van der Waals surface area contributed by atoms with Crippen LogP contribution in [0.2, 0.25) is 0 Å². The van der Waals surface area contributed by atoms with E-state index in [2.05, 4.69) is 21.3 Å². The van der Waals surface area contributed by atoms with E-state index in [4.69, 9.17) is 18.9 Å². The minimum atomic E-state index is -1.31. The van der Waals surface area contributed by atoms with Crippen molar-refractivity contribution >= 4 is 29.1 Å². The van der Waals surface area contributed by atoms with Crippen molar-refractivity contribution < 1.29 is 48.7 Å². The molecular weight excluding hydrogens is 696 g/mol. The molecule has 1 aromatic carbocycles. The lowest BCUT2D eigenvalue weighted by molar-refractivity contribution is -0.309. The zero-order valence-corrected chi connectivity index (χ0v) is 32.7. The van der Waals surface area contributed by atoms with Crippen LogP contribution in [0.15, 0.2) is 36.5 Å². The van der Waals surface area contributed by atoms with E-state index in [0.29, 0.717) is 39.0 Å². The zero-order valence-electron chi connectivity index (χ0n) is 32.7. The molecule has 0 aliphatic carbocycles. The molecule has 2 aromatic rings. The first kappa shape index (κ1) is 43.6. The number of carbonyl (C=O) groups is 3. The van der Waals surface area contributed by atoms with Gasteiger partial charge in [0, 0.05) is 44.6 Å². The summed E-state index contributed by atoms with van der Waals surface area (Å²) in [5, 5.41) is 38.1. The number of ether oxygens (including phenoxy) is 4. The number of hydrogen-bond donors (Lipinski definition) is 4. The molecule has 0 spiro atoms. The summed E-state index contributed by atoms with van der Waals surface area (Å²) in [5.41, 5.74) is 2.16. The lowest BCUT2D eigenvalue weighted by atomic mass is 9.82. The Morgan fingerprint density at radius 3 is 2.59 bits per heavy atom. The molecule has 2 saturated heterocycles. The number of rotatable bonds is 12. The molecule has 3 unspecified atom stereocenters. The first-order chi connectivity index (χ1) is 25.9. The minimum absolute atomic E-state index is 0.00999. The first-order valence-corrected chi connectivity index (χ1v) is 19.4. The summed E-state index contributed by atoms with van der Waals surface area (Å²) in [4.78, 5) is 46.9. The van der Waals surface area contributed by atoms with Crippen LogP contribution in [0.1, 0.15) is 64.9 Å². The molecule has 302 valence electrons. The molecule has 2 aliphatic heterocycles. The second-order valence-electron chi connectivity index (χ2n) is 15.1. The van der Waals surface area contributed by atoms with Crippen molar-refractivity contribution in [3.05, 3.63) is 42.1 Å². The highest BCUT2D eigenvalue weighted by atomic mass is 16.7. The van der Waals surface area contributed by atoms with Crippen LogP contribution in [-0.2, 0) is 39.8 Å². The molecule has 14 heteroatoms. The number of pyridine rings is 1. The van der Waals surface area contributed by atoms with Gasteiger partial charge in [0.05, 0.1) is 42.4 Å². The lowest BCUT2D eigenvalue weighted by Crippen LogP contribution is -2.63. The Hall–Kier alpha value is -3.08. The molecular formula is C40H62N4O10. The van der Waals surface area contributed by atoms with Gasteiger partial charge in [0.25, 0.3) is 0 Å². The summed E-state index contributed by atoms with van der Waals surface area (Å²) in [6, 6.07) is 9.38. The Morgan fingerprint density at radius 1 is 1.13 bits per heavy atom. The van der Waals surface area contributed by atoms with Gasteiger partial charge >= 0.3 is 5.97 Å². The van der Waals surface area contributed by atoms with E-state index < -0.39 is 66.9 Å². The van der Waals surface area contributed by atoms with Crippen molar-refractivity contribution in [2.75, 3.05) is 47.4 Å². The third kappa shape index (κ3) is 11.7. The van der Waals surface area contributed by atoms with Crippen LogP contribution in [-0.4, -0.2) is 151 Å². The highest BCUT2D eigenvalue weighted by Gasteiger charge is 2.48. The number of aliphatic hydroxyl groups is 3. The summed E-state index contributed by atoms with van der Waals surface area (Å²) in [7, 11) is 4.88. The highest BCUT2D eigenvalue weighted by Crippen LogP contribution is 2.34. The molecule has 4 N–H and O–H groups in total. The van der Waals surface area contributed by atoms with Crippen LogP contribution in [0.4, 0.5) is 0 Å². The number of aldehydes is 1. The number of nitrogens with zero attached hydrogens (tertiary/aromatic N) is 3. The molecule has 2 fully saturated rings. The molecule has 11 atom stereocenters. The van der Waals surface area contributed by atoms with Gasteiger partial charge < -0.3 is 54.2 Å². The van der Waals surface area contributed by atoms with Crippen LogP contribution in [0.3, 0.4) is 0 Å². The van der Waals surface area contributed by atoms with E-state index >= 15 is 0 Å². The molecule has 2 aliphatic rings. The van der Waals surface area contributed by atoms with Crippen LogP contribution in [0.25, 0.3) is 10.9 Å². The van der Waals surface area contributed by atoms with Crippen molar-refractivity contribution in [1.82, 2.24) is 20.1 Å². The monoisotopic (exact) mass is 758 g/mol. The SMILES string of the molecule is CCC(=O)O[C@@H]1CC(=O)NCCCN(CCCc2ccnc3ccccc23)C[C@H](O)[C@H](C)C[C@H](CC=O)[C@H](O[C@@H]2OC(C)[C@H](O)C(N(C)C)C2O)[C@H]1OC. The second kappa shape index (κ2) is 21.3. The molecule has 14 nitrogen and oxygen atoms in total. The van der Waals surface area contributed by atoms with E-state index in [1.807, 2.05) is 37.4 Å². The third-order valence-corrected chi connectivity index (χ3v) is 10.9. The van der Waals surface area contributed by atoms with Gasteiger partial charge in [-0.15, -0.1) is 0 Å². The predicted octanol–water partition coefficient (Wildman–Crippen LogP) is 2.09. The van der Waals surface area contributed by atoms with E-state index in [1.54, 1.807) is 32.8 Å². The van der Waals surface area contributed by atoms with E-state index in [0.717, 1.165) is 30.0 Å². The number of aliphatic hydroxyl groups excluding tert-OH is 3. The maximum atomic E-state index is 13.4. The van der Waals surface area contributed by atoms with Gasteiger partial charge in [0.15, 0.2) is 6.29 Å². The van der Waals surface area contributed by atoms with Crippen LogP contribution in [0, 0.1) is 11.8 Å². The number of aromatic nitrogens is 1. The van der Waals surface area contributed by atoms with Gasteiger partial charge in [-0.25, -0.2) is 0 Å². The Kier molecular flexibility index (Phi) is 17.2. The van der Waals surface area contributed by atoms with Crippen LogP contribution in [0.5, 0.6) is 0 Å². The van der Waals surface area contributed by atoms with E-state index in [1.165, 1.54) is 12.7 Å². The molecule has 0 bridgehead atoms. The molecule has 54 heavy (non-hydrogen) atoms. The van der Waals surface area contributed by atoms with Crippen molar-refractivity contribution in [3.8, 4) is 0 Å². The number of methoxy groups -OCH3 is 1. The van der Waals surface area contributed by atoms with Crippen LogP contribution < -0.4 is 5.32 Å². The lowest BCUT2D eigenvalue weighted by Gasteiger charge is -2.47.